The van der Waals surface area contributed by atoms with E-state index in [2.05, 4.69) is 5.32 Å². The quantitative estimate of drug-likeness (QED) is 0.837. The lowest BCUT2D eigenvalue weighted by Crippen LogP contribution is -2.32. The standard InChI is InChI=1S/C12H14F3N/c1-16-11(12(13,14)15)10-5-3-2-4-9(10)8-6-7-8/h2-5,8,11,16H,6-7H2,1H3. The van der Waals surface area contributed by atoms with Gasteiger partial charge in [-0.15, -0.1) is 0 Å². The summed E-state index contributed by atoms with van der Waals surface area (Å²) < 4.78 is 38.4. The van der Waals surface area contributed by atoms with Crippen molar-refractivity contribution in [2.24, 2.45) is 0 Å². The van der Waals surface area contributed by atoms with Crippen LogP contribution < -0.4 is 5.32 Å². The first-order chi connectivity index (χ1) is 7.54. The molecule has 0 spiro atoms. The first-order valence-electron chi connectivity index (χ1n) is 5.37. The van der Waals surface area contributed by atoms with Crippen molar-refractivity contribution in [3.63, 3.8) is 0 Å². The number of hydrogen-bond donors (Lipinski definition) is 1. The molecule has 0 aromatic heterocycles. The van der Waals surface area contributed by atoms with Crippen molar-refractivity contribution in [1.29, 1.82) is 0 Å². The lowest BCUT2D eigenvalue weighted by atomic mass is 9.97. The van der Waals surface area contributed by atoms with Gasteiger partial charge in [0, 0.05) is 0 Å². The molecule has 0 bridgehead atoms. The molecule has 0 radical (unpaired) electrons. The van der Waals surface area contributed by atoms with Crippen LogP contribution >= 0.6 is 0 Å². The smallest absolute Gasteiger partial charge is 0.306 e. The third-order valence-electron chi connectivity index (χ3n) is 2.94. The molecule has 0 aliphatic heterocycles. The number of halogens is 3. The summed E-state index contributed by atoms with van der Waals surface area (Å²) in [6.45, 7) is 0. The molecule has 4 heteroatoms. The fourth-order valence-corrected chi connectivity index (χ4v) is 2.04. The molecule has 16 heavy (non-hydrogen) atoms. The highest BCUT2D eigenvalue weighted by Crippen LogP contribution is 2.45. The SMILES string of the molecule is CNC(c1ccccc1C1CC1)C(F)(F)F. The normalized spacial score (nSPS) is 18.5. The minimum atomic E-state index is -4.24. The second kappa shape index (κ2) is 4.09. The second-order valence-corrected chi connectivity index (χ2v) is 4.17. The summed E-state index contributed by atoms with van der Waals surface area (Å²) in [6, 6.07) is 5.30. The summed E-state index contributed by atoms with van der Waals surface area (Å²) in [4.78, 5) is 0. The zero-order valence-corrected chi connectivity index (χ0v) is 9.01. The molecule has 1 N–H and O–H groups in total. The van der Waals surface area contributed by atoms with E-state index in [9.17, 15) is 13.2 Å². The summed E-state index contributed by atoms with van der Waals surface area (Å²) in [5.41, 5.74) is 1.22. The average Bonchev–Trinajstić information content (AvgIpc) is 3.01. The fourth-order valence-electron chi connectivity index (χ4n) is 2.04. The van der Waals surface area contributed by atoms with E-state index in [0.29, 0.717) is 11.5 Å². The van der Waals surface area contributed by atoms with Crippen LogP contribution in [0.1, 0.15) is 35.9 Å². The average molecular weight is 229 g/mol. The van der Waals surface area contributed by atoms with Crippen LogP contribution in [0.4, 0.5) is 13.2 Å². The predicted molar refractivity (Wildman–Crippen MR) is 56.3 cm³/mol. The summed E-state index contributed by atoms with van der Waals surface area (Å²) in [5.74, 6) is 0.328. The van der Waals surface area contributed by atoms with Gasteiger partial charge in [-0.1, -0.05) is 24.3 Å². The molecular weight excluding hydrogens is 215 g/mol. The van der Waals surface area contributed by atoms with Gasteiger partial charge in [0.05, 0.1) is 0 Å². The number of nitrogens with one attached hydrogen (secondary N) is 1. The van der Waals surface area contributed by atoms with Gasteiger partial charge in [0.1, 0.15) is 6.04 Å². The van der Waals surface area contributed by atoms with Gasteiger partial charge < -0.3 is 5.32 Å². The summed E-state index contributed by atoms with van der Waals surface area (Å²) in [7, 11) is 1.35. The number of alkyl halides is 3. The van der Waals surface area contributed by atoms with E-state index in [4.69, 9.17) is 0 Å². The topological polar surface area (TPSA) is 12.0 Å². The van der Waals surface area contributed by atoms with Crippen LogP contribution in [0.3, 0.4) is 0 Å². The van der Waals surface area contributed by atoms with Crippen molar-refractivity contribution in [2.75, 3.05) is 7.05 Å². The van der Waals surface area contributed by atoms with E-state index < -0.39 is 12.2 Å². The Morgan fingerprint density at radius 3 is 2.38 bits per heavy atom. The number of rotatable bonds is 3. The van der Waals surface area contributed by atoms with Crippen molar-refractivity contribution in [2.45, 2.75) is 31.0 Å². The van der Waals surface area contributed by atoms with Gasteiger partial charge in [-0.3, -0.25) is 0 Å². The van der Waals surface area contributed by atoms with Crippen LogP contribution in [0.5, 0.6) is 0 Å². The number of hydrogen-bond acceptors (Lipinski definition) is 1. The van der Waals surface area contributed by atoms with Crippen molar-refractivity contribution < 1.29 is 13.2 Å². The summed E-state index contributed by atoms with van der Waals surface area (Å²) in [5, 5.41) is 2.36. The molecule has 1 atom stereocenters. The number of benzene rings is 1. The summed E-state index contributed by atoms with van der Waals surface area (Å²) >= 11 is 0. The van der Waals surface area contributed by atoms with Crippen LogP contribution in [-0.2, 0) is 0 Å². The van der Waals surface area contributed by atoms with Crippen LogP contribution in [0, 0.1) is 0 Å². The molecule has 1 saturated carbocycles. The van der Waals surface area contributed by atoms with Gasteiger partial charge in [-0.05, 0) is 36.9 Å². The predicted octanol–water partition coefficient (Wildman–Crippen LogP) is 3.39. The zero-order chi connectivity index (χ0) is 11.8. The Morgan fingerprint density at radius 1 is 1.25 bits per heavy atom. The van der Waals surface area contributed by atoms with Crippen LogP contribution in [-0.4, -0.2) is 13.2 Å². The maximum absolute atomic E-state index is 12.8. The van der Waals surface area contributed by atoms with E-state index in [1.807, 2.05) is 6.07 Å². The second-order valence-electron chi connectivity index (χ2n) is 4.17. The fraction of sp³-hybridized carbons (Fsp3) is 0.500. The molecule has 1 aromatic carbocycles. The van der Waals surface area contributed by atoms with E-state index in [-0.39, 0.29) is 0 Å². The highest BCUT2D eigenvalue weighted by molar-refractivity contribution is 5.36. The van der Waals surface area contributed by atoms with Gasteiger partial charge in [0.25, 0.3) is 0 Å². The minimum absolute atomic E-state index is 0.328. The molecule has 1 aliphatic rings. The molecule has 88 valence electrons. The van der Waals surface area contributed by atoms with Crippen molar-refractivity contribution in [3.8, 4) is 0 Å². The van der Waals surface area contributed by atoms with E-state index >= 15 is 0 Å². The third-order valence-corrected chi connectivity index (χ3v) is 2.94. The van der Waals surface area contributed by atoms with Crippen molar-refractivity contribution in [1.82, 2.24) is 5.32 Å². The molecule has 1 unspecified atom stereocenters. The molecule has 2 rings (SSSR count). The highest BCUT2D eigenvalue weighted by atomic mass is 19.4. The Morgan fingerprint density at radius 2 is 1.88 bits per heavy atom. The van der Waals surface area contributed by atoms with E-state index in [1.165, 1.54) is 7.05 Å². The van der Waals surface area contributed by atoms with Gasteiger partial charge >= 0.3 is 6.18 Å². The molecule has 0 amide bonds. The van der Waals surface area contributed by atoms with Gasteiger partial charge in [0.2, 0.25) is 0 Å². The van der Waals surface area contributed by atoms with Crippen molar-refractivity contribution in [3.05, 3.63) is 35.4 Å². The molecular formula is C12H14F3N. The lowest BCUT2D eigenvalue weighted by molar-refractivity contribution is -0.156. The molecule has 1 aromatic rings. The van der Waals surface area contributed by atoms with Gasteiger partial charge in [0.15, 0.2) is 0 Å². The lowest BCUT2D eigenvalue weighted by Gasteiger charge is -2.22. The Kier molecular flexibility index (Phi) is 2.93. The Bertz CT molecular complexity index is 369. The zero-order valence-electron chi connectivity index (χ0n) is 9.01. The van der Waals surface area contributed by atoms with Crippen LogP contribution in [0.15, 0.2) is 24.3 Å². The largest absolute Gasteiger partial charge is 0.407 e. The highest BCUT2D eigenvalue weighted by Gasteiger charge is 2.42. The van der Waals surface area contributed by atoms with Gasteiger partial charge in [-0.2, -0.15) is 13.2 Å². The summed E-state index contributed by atoms with van der Waals surface area (Å²) in [6.07, 6.45) is -2.23. The maximum atomic E-state index is 12.8. The first-order valence-corrected chi connectivity index (χ1v) is 5.37. The maximum Gasteiger partial charge on any atom is 0.407 e. The Balaban J connectivity index is 2.37. The molecule has 1 nitrogen and oxygen atoms in total. The molecule has 0 heterocycles. The van der Waals surface area contributed by atoms with Gasteiger partial charge in [-0.25, -0.2) is 0 Å². The molecule has 1 aliphatic carbocycles. The molecule has 1 fully saturated rings. The monoisotopic (exact) mass is 229 g/mol. The van der Waals surface area contributed by atoms with Crippen molar-refractivity contribution >= 4 is 0 Å². The molecule has 0 saturated heterocycles. The Labute approximate surface area is 92.7 Å². The third kappa shape index (κ3) is 2.21. The van der Waals surface area contributed by atoms with E-state index in [1.54, 1.807) is 18.2 Å². The van der Waals surface area contributed by atoms with Crippen LogP contribution in [0.2, 0.25) is 0 Å². The minimum Gasteiger partial charge on any atom is -0.306 e. The van der Waals surface area contributed by atoms with E-state index in [0.717, 1.165) is 18.4 Å². The van der Waals surface area contributed by atoms with Crippen LogP contribution in [0.25, 0.3) is 0 Å². The first kappa shape index (κ1) is 11.5. The Hall–Kier alpha value is -1.03.